The van der Waals surface area contributed by atoms with Gasteiger partial charge < -0.3 is 9.84 Å². The largest absolute Gasteiger partial charge is 0.462 e. The first-order chi connectivity index (χ1) is 11.1. The molecule has 2 fully saturated rings. The zero-order valence-electron chi connectivity index (χ0n) is 13.4. The lowest BCUT2D eigenvalue weighted by Gasteiger charge is -2.40. The Labute approximate surface area is 145 Å². The number of alkyl halides is 1. The third kappa shape index (κ3) is 3.62. The molecule has 0 saturated carbocycles. The highest BCUT2D eigenvalue weighted by molar-refractivity contribution is 9.09. The summed E-state index contributed by atoms with van der Waals surface area (Å²) in [6.07, 6.45) is 4.12. The minimum Gasteiger partial charge on any atom is -0.462 e. The average molecular weight is 382 g/mol. The van der Waals surface area contributed by atoms with Crippen molar-refractivity contribution in [3.05, 3.63) is 35.9 Å². The minimum absolute atomic E-state index is 0.0275. The van der Waals surface area contributed by atoms with E-state index in [0.29, 0.717) is 17.0 Å². The molecule has 1 aromatic carbocycles. The summed E-state index contributed by atoms with van der Waals surface area (Å²) < 4.78 is 5.77. The third-order valence-corrected chi connectivity index (χ3v) is 5.58. The Balaban J connectivity index is 1.63. The van der Waals surface area contributed by atoms with Crippen LogP contribution in [-0.2, 0) is 9.53 Å². The number of piperidine rings is 1. The second-order valence-corrected chi connectivity index (χ2v) is 7.91. The summed E-state index contributed by atoms with van der Waals surface area (Å²) >= 11 is 3.68. The maximum absolute atomic E-state index is 12.5. The molecule has 3 rings (SSSR count). The summed E-state index contributed by atoms with van der Waals surface area (Å²) in [5.41, 5.74) is 0.814. The molecule has 23 heavy (non-hydrogen) atoms. The fourth-order valence-corrected chi connectivity index (χ4v) is 4.76. The van der Waals surface area contributed by atoms with Crippen LogP contribution in [0.5, 0.6) is 0 Å². The Morgan fingerprint density at radius 2 is 1.91 bits per heavy atom. The smallest absolute Gasteiger partial charge is 0.316 e. The Morgan fingerprint density at radius 3 is 2.43 bits per heavy atom. The number of carbonyl (C=O) groups is 1. The van der Waals surface area contributed by atoms with Crippen molar-refractivity contribution in [2.24, 2.45) is 0 Å². The molecular weight excluding hydrogens is 358 g/mol. The second kappa shape index (κ2) is 7.32. The Morgan fingerprint density at radius 1 is 1.30 bits per heavy atom. The third-order valence-electron chi connectivity index (χ3n) is 5.11. The molecule has 0 aliphatic carbocycles. The summed E-state index contributed by atoms with van der Waals surface area (Å²) in [4.78, 5) is 15.4. The standard InChI is InChI=1S/C18H24BrNO3/c1-12(19)20-14-7-8-15(20)10-16(9-14)23-18(22)17(11-21)13-5-3-2-4-6-13/h2-6,12,14-17,21H,7-11H2,1H3/t12?,14-,15+,16+,17?. The van der Waals surface area contributed by atoms with Crippen molar-refractivity contribution in [2.75, 3.05) is 6.61 Å². The highest BCUT2D eigenvalue weighted by Crippen LogP contribution is 2.39. The molecule has 2 aliphatic heterocycles. The molecule has 0 spiro atoms. The first-order valence-electron chi connectivity index (χ1n) is 8.38. The average Bonchev–Trinajstić information content (AvgIpc) is 2.81. The zero-order valence-corrected chi connectivity index (χ0v) is 15.0. The molecule has 0 amide bonds. The first-order valence-corrected chi connectivity index (χ1v) is 9.29. The van der Waals surface area contributed by atoms with Gasteiger partial charge in [0.05, 0.1) is 11.6 Å². The molecule has 126 valence electrons. The number of aliphatic hydroxyl groups excluding tert-OH is 1. The second-order valence-electron chi connectivity index (χ2n) is 6.58. The molecule has 0 aromatic heterocycles. The van der Waals surface area contributed by atoms with E-state index in [0.717, 1.165) is 18.4 Å². The molecule has 5 heteroatoms. The first kappa shape index (κ1) is 16.9. The van der Waals surface area contributed by atoms with E-state index < -0.39 is 5.92 Å². The van der Waals surface area contributed by atoms with Gasteiger partial charge >= 0.3 is 5.97 Å². The highest BCUT2D eigenvalue weighted by atomic mass is 79.9. The summed E-state index contributed by atoms with van der Waals surface area (Å²) in [7, 11) is 0. The van der Waals surface area contributed by atoms with Crippen LogP contribution in [0, 0.1) is 0 Å². The Kier molecular flexibility index (Phi) is 5.39. The monoisotopic (exact) mass is 381 g/mol. The van der Waals surface area contributed by atoms with E-state index in [1.807, 2.05) is 30.3 Å². The molecule has 5 atom stereocenters. The number of ether oxygens (including phenoxy) is 1. The van der Waals surface area contributed by atoms with Crippen molar-refractivity contribution >= 4 is 21.9 Å². The van der Waals surface area contributed by atoms with E-state index in [4.69, 9.17) is 4.74 Å². The molecule has 2 heterocycles. The van der Waals surface area contributed by atoms with Crippen molar-refractivity contribution in [3.8, 4) is 0 Å². The quantitative estimate of drug-likeness (QED) is 0.483. The number of nitrogens with zero attached hydrogens (tertiary/aromatic N) is 1. The Hall–Kier alpha value is -0.910. The number of fused-ring (bicyclic) bond motifs is 2. The van der Waals surface area contributed by atoms with E-state index in [1.54, 1.807) is 0 Å². The van der Waals surface area contributed by atoms with Gasteiger partial charge in [0, 0.05) is 24.9 Å². The number of esters is 1. The van der Waals surface area contributed by atoms with Crippen LogP contribution < -0.4 is 0 Å². The van der Waals surface area contributed by atoms with Gasteiger partial charge in [-0.05, 0) is 25.3 Å². The van der Waals surface area contributed by atoms with E-state index in [1.165, 1.54) is 12.8 Å². The number of halogens is 1. The topological polar surface area (TPSA) is 49.8 Å². The highest BCUT2D eigenvalue weighted by Gasteiger charge is 2.43. The van der Waals surface area contributed by atoms with Crippen LogP contribution in [0.15, 0.2) is 30.3 Å². The van der Waals surface area contributed by atoms with Gasteiger partial charge in [-0.15, -0.1) is 0 Å². The van der Waals surface area contributed by atoms with Crippen molar-refractivity contribution in [2.45, 2.75) is 61.7 Å². The van der Waals surface area contributed by atoms with Crippen LogP contribution in [0.1, 0.15) is 44.1 Å². The van der Waals surface area contributed by atoms with Gasteiger partial charge in [-0.1, -0.05) is 46.3 Å². The lowest BCUT2D eigenvalue weighted by atomic mass is 9.98. The molecule has 1 aromatic rings. The molecule has 2 unspecified atom stereocenters. The van der Waals surface area contributed by atoms with Crippen LogP contribution >= 0.6 is 15.9 Å². The van der Waals surface area contributed by atoms with E-state index in [-0.39, 0.29) is 18.7 Å². The van der Waals surface area contributed by atoms with Gasteiger partial charge in [0.2, 0.25) is 0 Å². The summed E-state index contributed by atoms with van der Waals surface area (Å²) in [6, 6.07) is 10.4. The molecule has 2 saturated heterocycles. The fourth-order valence-electron chi connectivity index (χ4n) is 4.09. The van der Waals surface area contributed by atoms with Gasteiger partial charge in [-0.25, -0.2) is 0 Å². The SMILES string of the molecule is CC(Br)N1[C@@H]2CC[C@H]1C[C@@H](OC(=O)C(CO)c1ccccc1)C2. The van der Waals surface area contributed by atoms with Crippen LogP contribution in [0.2, 0.25) is 0 Å². The maximum atomic E-state index is 12.5. The summed E-state index contributed by atoms with van der Waals surface area (Å²) in [5.74, 6) is -0.884. The van der Waals surface area contributed by atoms with Crippen LogP contribution in [-0.4, -0.2) is 45.7 Å². The van der Waals surface area contributed by atoms with Gasteiger partial charge in [-0.2, -0.15) is 0 Å². The summed E-state index contributed by atoms with van der Waals surface area (Å²) in [5, 5.41) is 9.60. The number of carbonyl (C=O) groups excluding carboxylic acids is 1. The van der Waals surface area contributed by atoms with Crippen molar-refractivity contribution in [1.82, 2.24) is 4.90 Å². The van der Waals surface area contributed by atoms with Crippen molar-refractivity contribution in [3.63, 3.8) is 0 Å². The van der Waals surface area contributed by atoms with E-state index in [2.05, 4.69) is 27.8 Å². The maximum Gasteiger partial charge on any atom is 0.316 e. The fraction of sp³-hybridized carbons (Fsp3) is 0.611. The lowest BCUT2D eigenvalue weighted by molar-refractivity contribution is -0.155. The molecule has 2 aliphatic rings. The number of aliphatic hydroxyl groups is 1. The Bertz CT molecular complexity index is 522. The van der Waals surface area contributed by atoms with E-state index >= 15 is 0 Å². The lowest BCUT2D eigenvalue weighted by Crippen LogP contribution is -2.48. The number of rotatable bonds is 5. The van der Waals surface area contributed by atoms with E-state index in [9.17, 15) is 9.90 Å². The van der Waals surface area contributed by atoms with Crippen molar-refractivity contribution in [1.29, 1.82) is 0 Å². The van der Waals surface area contributed by atoms with Gasteiger partial charge in [-0.3, -0.25) is 9.69 Å². The van der Waals surface area contributed by atoms with Gasteiger partial charge in [0.1, 0.15) is 12.0 Å². The van der Waals surface area contributed by atoms with Crippen molar-refractivity contribution < 1.29 is 14.6 Å². The molecule has 2 bridgehead atoms. The van der Waals surface area contributed by atoms with Crippen LogP contribution in [0.3, 0.4) is 0 Å². The minimum atomic E-state index is -0.581. The van der Waals surface area contributed by atoms with Crippen LogP contribution in [0.4, 0.5) is 0 Å². The normalized spacial score (nSPS) is 30.0. The molecule has 0 radical (unpaired) electrons. The predicted molar refractivity (Wildman–Crippen MR) is 92.4 cm³/mol. The predicted octanol–water partition coefficient (Wildman–Crippen LogP) is 3.04. The summed E-state index contributed by atoms with van der Waals surface area (Å²) in [6.45, 7) is 1.95. The molecule has 1 N–H and O–H groups in total. The molecular formula is C18H24BrNO3. The number of hydrogen-bond donors (Lipinski definition) is 1. The van der Waals surface area contributed by atoms with Gasteiger partial charge in [0.15, 0.2) is 0 Å². The van der Waals surface area contributed by atoms with Gasteiger partial charge in [0.25, 0.3) is 0 Å². The molecule has 4 nitrogen and oxygen atoms in total. The number of benzene rings is 1. The zero-order chi connectivity index (χ0) is 16.4. The van der Waals surface area contributed by atoms with Crippen LogP contribution in [0.25, 0.3) is 0 Å². The number of hydrogen-bond acceptors (Lipinski definition) is 4.